The van der Waals surface area contributed by atoms with Crippen molar-refractivity contribution in [3.8, 4) is 0 Å². The number of rotatable bonds is 4. The standard InChI is InChI=1S/C14H23N3S/c1-10(2)11-5-6-12(15-3)13(9-11)18-14-16-7-4-8-17-14/h4,7-8,10-13,15H,5-6,9H2,1-3H3. The van der Waals surface area contributed by atoms with Gasteiger partial charge in [-0.25, -0.2) is 9.97 Å². The van der Waals surface area contributed by atoms with Crippen LogP contribution in [0, 0.1) is 11.8 Å². The molecule has 1 saturated carbocycles. The zero-order chi connectivity index (χ0) is 13.0. The molecule has 1 aromatic rings. The molecule has 0 aliphatic heterocycles. The van der Waals surface area contributed by atoms with Crippen molar-refractivity contribution in [1.82, 2.24) is 15.3 Å². The molecule has 1 aliphatic carbocycles. The van der Waals surface area contributed by atoms with Crippen LogP contribution in [0.4, 0.5) is 0 Å². The third-order valence-corrected chi connectivity index (χ3v) is 5.19. The van der Waals surface area contributed by atoms with Crippen LogP contribution in [0.2, 0.25) is 0 Å². The molecule has 2 rings (SSSR count). The minimum atomic E-state index is 0.591. The van der Waals surface area contributed by atoms with Crippen LogP contribution >= 0.6 is 11.8 Å². The van der Waals surface area contributed by atoms with Crippen LogP contribution in [0.5, 0.6) is 0 Å². The van der Waals surface area contributed by atoms with Crippen LogP contribution in [0.15, 0.2) is 23.6 Å². The van der Waals surface area contributed by atoms with Crippen LogP contribution in [0.25, 0.3) is 0 Å². The van der Waals surface area contributed by atoms with Crippen LogP contribution in [-0.2, 0) is 0 Å². The van der Waals surface area contributed by atoms with Crippen molar-refractivity contribution in [3.63, 3.8) is 0 Å². The van der Waals surface area contributed by atoms with E-state index in [2.05, 4.69) is 36.2 Å². The maximum atomic E-state index is 4.34. The fraction of sp³-hybridized carbons (Fsp3) is 0.714. The van der Waals surface area contributed by atoms with Crippen molar-refractivity contribution in [3.05, 3.63) is 18.5 Å². The monoisotopic (exact) mass is 265 g/mol. The van der Waals surface area contributed by atoms with E-state index in [0.717, 1.165) is 17.0 Å². The predicted molar refractivity (Wildman–Crippen MR) is 76.7 cm³/mol. The fourth-order valence-electron chi connectivity index (χ4n) is 2.71. The molecule has 3 atom stereocenters. The van der Waals surface area contributed by atoms with E-state index in [1.54, 1.807) is 0 Å². The van der Waals surface area contributed by atoms with Gasteiger partial charge in [0, 0.05) is 23.7 Å². The SMILES string of the molecule is CNC1CCC(C(C)C)CC1Sc1ncccn1. The molecule has 1 aliphatic rings. The molecule has 1 fully saturated rings. The topological polar surface area (TPSA) is 37.8 Å². The van der Waals surface area contributed by atoms with Crippen molar-refractivity contribution in [1.29, 1.82) is 0 Å². The second-order valence-electron chi connectivity index (χ2n) is 5.40. The van der Waals surface area contributed by atoms with E-state index in [0.29, 0.717) is 11.3 Å². The Balaban J connectivity index is 2.02. The highest BCUT2D eigenvalue weighted by atomic mass is 32.2. The summed E-state index contributed by atoms with van der Waals surface area (Å²) in [5.74, 6) is 1.62. The number of hydrogen-bond acceptors (Lipinski definition) is 4. The Bertz CT molecular complexity index is 355. The normalized spacial score (nSPS) is 28.6. The third-order valence-electron chi connectivity index (χ3n) is 3.94. The average molecular weight is 265 g/mol. The lowest BCUT2D eigenvalue weighted by molar-refractivity contribution is 0.251. The molecular weight excluding hydrogens is 242 g/mol. The lowest BCUT2D eigenvalue weighted by Crippen LogP contribution is -2.41. The van der Waals surface area contributed by atoms with E-state index in [-0.39, 0.29) is 0 Å². The predicted octanol–water partition coefficient (Wildman–Crippen LogP) is 2.98. The molecule has 1 heterocycles. The Morgan fingerprint density at radius 2 is 2.00 bits per heavy atom. The van der Waals surface area contributed by atoms with Crippen molar-refractivity contribution in [2.24, 2.45) is 11.8 Å². The Hall–Kier alpha value is -0.610. The minimum Gasteiger partial charge on any atom is -0.316 e. The quantitative estimate of drug-likeness (QED) is 0.849. The number of nitrogens with zero attached hydrogens (tertiary/aromatic N) is 2. The first kappa shape index (κ1) is 13.8. The van der Waals surface area contributed by atoms with Gasteiger partial charge in [-0.3, -0.25) is 0 Å². The number of nitrogens with one attached hydrogen (secondary N) is 1. The highest BCUT2D eigenvalue weighted by molar-refractivity contribution is 7.99. The highest BCUT2D eigenvalue weighted by Gasteiger charge is 2.32. The second-order valence-corrected chi connectivity index (χ2v) is 6.61. The average Bonchev–Trinajstić information content (AvgIpc) is 2.39. The zero-order valence-electron chi connectivity index (χ0n) is 11.5. The van der Waals surface area contributed by atoms with Crippen LogP contribution in [0.3, 0.4) is 0 Å². The van der Waals surface area contributed by atoms with Gasteiger partial charge in [-0.15, -0.1) is 0 Å². The van der Waals surface area contributed by atoms with Crippen molar-refractivity contribution in [2.45, 2.75) is 49.6 Å². The molecule has 18 heavy (non-hydrogen) atoms. The maximum Gasteiger partial charge on any atom is 0.187 e. The molecule has 0 saturated heterocycles. The Morgan fingerprint density at radius 1 is 1.28 bits per heavy atom. The summed E-state index contributed by atoms with van der Waals surface area (Å²) in [6, 6.07) is 2.46. The summed E-state index contributed by atoms with van der Waals surface area (Å²) in [5, 5.41) is 4.96. The van der Waals surface area contributed by atoms with Gasteiger partial charge in [-0.05, 0) is 44.2 Å². The first-order chi connectivity index (χ1) is 8.70. The Kier molecular flexibility index (Phi) is 5.01. The number of hydrogen-bond donors (Lipinski definition) is 1. The molecule has 0 aromatic carbocycles. The third kappa shape index (κ3) is 3.45. The van der Waals surface area contributed by atoms with E-state index < -0.39 is 0 Å². The summed E-state index contributed by atoms with van der Waals surface area (Å²) in [6.07, 6.45) is 7.53. The molecule has 0 spiro atoms. The molecule has 1 N–H and O–H groups in total. The molecule has 1 aromatic heterocycles. The molecule has 0 bridgehead atoms. The minimum absolute atomic E-state index is 0.591. The van der Waals surface area contributed by atoms with E-state index in [9.17, 15) is 0 Å². The molecule has 0 amide bonds. The van der Waals surface area contributed by atoms with E-state index >= 15 is 0 Å². The lowest BCUT2D eigenvalue weighted by Gasteiger charge is -2.37. The molecule has 0 radical (unpaired) electrons. The summed E-state index contributed by atoms with van der Waals surface area (Å²) in [5.41, 5.74) is 0. The largest absolute Gasteiger partial charge is 0.316 e. The molecule has 4 heteroatoms. The van der Waals surface area contributed by atoms with Crippen LogP contribution < -0.4 is 5.32 Å². The van der Waals surface area contributed by atoms with E-state index in [1.165, 1.54) is 19.3 Å². The van der Waals surface area contributed by atoms with Crippen LogP contribution in [-0.4, -0.2) is 28.3 Å². The first-order valence-corrected chi connectivity index (χ1v) is 7.69. The van der Waals surface area contributed by atoms with Gasteiger partial charge in [0.2, 0.25) is 0 Å². The lowest BCUT2D eigenvalue weighted by atomic mass is 9.79. The van der Waals surface area contributed by atoms with Gasteiger partial charge < -0.3 is 5.32 Å². The smallest absolute Gasteiger partial charge is 0.187 e. The molecule has 3 nitrogen and oxygen atoms in total. The van der Waals surface area contributed by atoms with Crippen molar-refractivity contribution in [2.75, 3.05) is 7.05 Å². The zero-order valence-corrected chi connectivity index (χ0v) is 12.3. The first-order valence-electron chi connectivity index (χ1n) is 6.81. The molecule has 3 unspecified atom stereocenters. The fourth-order valence-corrected chi connectivity index (χ4v) is 4.00. The van der Waals surface area contributed by atoms with Gasteiger partial charge in [0.05, 0.1) is 0 Å². The summed E-state index contributed by atoms with van der Waals surface area (Å²) >= 11 is 1.83. The maximum absolute atomic E-state index is 4.34. The van der Waals surface area contributed by atoms with Gasteiger partial charge >= 0.3 is 0 Å². The van der Waals surface area contributed by atoms with Gasteiger partial charge in [0.25, 0.3) is 0 Å². The summed E-state index contributed by atoms with van der Waals surface area (Å²) in [4.78, 5) is 8.67. The Morgan fingerprint density at radius 3 is 2.61 bits per heavy atom. The van der Waals surface area contributed by atoms with E-state index in [4.69, 9.17) is 0 Å². The van der Waals surface area contributed by atoms with Gasteiger partial charge in [-0.2, -0.15) is 0 Å². The van der Waals surface area contributed by atoms with E-state index in [1.807, 2.05) is 30.2 Å². The second kappa shape index (κ2) is 6.53. The number of aromatic nitrogens is 2. The summed E-state index contributed by atoms with van der Waals surface area (Å²) < 4.78 is 0. The van der Waals surface area contributed by atoms with Crippen molar-refractivity contribution >= 4 is 11.8 Å². The molecule has 100 valence electrons. The molecular formula is C14H23N3S. The van der Waals surface area contributed by atoms with Crippen molar-refractivity contribution < 1.29 is 0 Å². The number of thioether (sulfide) groups is 1. The summed E-state index contributed by atoms with van der Waals surface area (Å²) in [7, 11) is 2.07. The van der Waals surface area contributed by atoms with Gasteiger partial charge in [0.15, 0.2) is 5.16 Å². The van der Waals surface area contributed by atoms with Crippen LogP contribution in [0.1, 0.15) is 33.1 Å². The van der Waals surface area contributed by atoms with Gasteiger partial charge in [-0.1, -0.05) is 25.6 Å². The summed E-state index contributed by atoms with van der Waals surface area (Å²) in [6.45, 7) is 4.68. The highest BCUT2D eigenvalue weighted by Crippen LogP contribution is 2.37. The van der Waals surface area contributed by atoms with Gasteiger partial charge in [0.1, 0.15) is 0 Å². The Labute approximate surface area is 114 Å².